The molecule has 0 rings (SSSR count). The van der Waals surface area contributed by atoms with Crippen LogP contribution in [0.5, 0.6) is 0 Å². The quantitative estimate of drug-likeness (QED) is 0.713. The predicted octanol–water partition coefficient (Wildman–Crippen LogP) is 0.179. The molecule has 0 bridgehead atoms. The van der Waals surface area contributed by atoms with E-state index in [0.717, 1.165) is 6.26 Å². The van der Waals surface area contributed by atoms with Crippen molar-refractivity contribution in [3.8, 4) is 0 Å². The Kier molecular flexibility index (Phi) is 5.12. The minimum Gasteiger partial charge on any atom is -0.480 e. The fourth-order valence-electron chi connectivity index (χ4n) is 1.05. The number of carbonyl (C=O) groups is 2. The summed E-state index contributed by atoms with van der Waals surface area (Å²) in [5, 5.41) is 11.1. The third-order valence-corrected chi connectivity index (χ3v) is 4.69. The van der Waals surface area contributed by atoms with Gasteiger partial charge in [0, 0.05) is 6.26 Å². The van der Waals surface area contributed by atoms with E-state index in [-0.39, 0.29) is 6.42 Å². The highest BCUT2D eigenvalue weighted by molar-refractivity contribution is 7.92. The van der Waals surface area contributed by atoms with Gasteiger partial charge in [-0.25, -0.2) is 13.2 Å². The Balaban J connectivity index is 4.91. The number of rotatable bonds is 6. The zero-order valence-electron chi connectivity index (χ0n) is 10.5. The summed E-state index contributed by atoms with van der Waals surface area (Å²) in [6, 6.07) is -1.05. The van der Waals surface area contributed by atoms with Gasteiger partial charge in [0.2, 0.25) is 5.91 Å². The SMILES string of the molecule is CCCC(NC(=O)C(C)(C)S(C)(=O)=O)C(=O)O. The molecule has 0 radical (unpaired) electrons. The minimum atomic E-state index is -3.59. The normalized spacial score (nSPS) is 14.1. The molecular weight excluding hydrogens is 246 g/mol. The predicted molar refractivity (Wildman–Crippen MR) is 63.4 cm³/mol. The number of carboxylic acids is 1. The largest absolute Gasteiger partial charge is 0.480 e. The molecule has 0 saturated heterocycles. The standard InChI is InChI=1S/C10H19NO5S/c1-5-6-7(8(12)13)11-9(14)10(2,3)17(4,15)16/h7H,5-6H2,1-4H3,(H,11,14)(H,12,13). The molecular formula is C10H19NO5S. The van der Waals surface area contributed by atoms with E-state index in [2.05, 4.69) is 5.32 Å². The van der Waals surface area contributed by atoms with E-state index in [0.29, 0.717) is 6.42 Å². The molecule has 1 atom stereocenters. The molecule has 0 aromatic carbocycles. The topological polar surface area (TPSA) is 101 Å². The number of aliphatic carboxylic acids is 1. The fraction of sp³-hybridized carbons (Fsp3) is 0.800. The van der Waals surface area contributed by atoms with Crippen molar-refractivity contribution in [3.05, 3.63) is 0 Å². The van der Waals surface area contributed by atoms with Crippen LogP contribution >= 0.6 is 0 Å². The van der Waals surface area contributed by atoms with Crippen LogP contribution < -0.4 is 5.32 Å². The van der Waals surface area contributed by atoms with E-state index in [1.54, 1.807) is 6.92 Å². The second-order valence-corrected chi connectivity index (χ2v) is 7.00. The molecule has 0 fully saturated rings. The van der Waals surface area contributed by atoms with Gasteiger partial charge in [-0.3, -0.25) is 4.79 Å². The van der Waals surface area contributed by atoms with Gasteiger partial charge >= 0.3 is 5.97 Å². The molecule has 0 aliphatic carbocycles. The lowest BCUT2D eigenvalue weighted by atomic mass is 10.1. The first-order chi connectivity index (χ1) is 7.54. The first-order valence-electron chi connectivity index (χ1n) is 5.27. The molecule has 0 heterocycles. The van der Waals surface area contributed by atoms with E-state index in [9.17, 15) is 18.0 Å². The second-order valence-electron chi connectivity index (χ2n) is 4.44. The highest BCUT2D eigenvalue weighted by atomic mass is 32.2. The molecule has 6 nitrogen and oxygen atoms in total. The number of nitrogens with one attached hydrogen (secondary N) is 1. The third-order valence-electron chi connectivity index (χ3n) is 2.65. The van der Waals surface area contributed by atoms with E-state index in [4.69, 9.17) is 5.11 Å². The second kappa shape index (κ2) is 5.48. The zero-order chi connectivity index (χ0) is 13.9. The molecule has 1 amide bonds. The Hall–Kier alpha value is -1.11. The van der Waals surface area contributed by atoms with Gasteiger partial charge in [-0.05, 0) is 20.3 Å². The van der Waals surface area contributed by atoms with E-state index < -0.39 is 32.5 Å². The third kappa shape index (κ3) is 3.99. The lowest BCUT2D eigenvalue weighted by Gasteiger charge is -2.24. The summed E-state index contributed by atoms with van der Waals surface area (Å²) >= 11 is 0. The van der Waals surface area contributed by atoms with Crippen LogP contribution in [0.15, 0.2) is 0 Å². The van der Waals surface area contributed by atoms with E-state index >= 15 is 0 Å². The van der Waals surface area contributed by atoms with Crippen molar-refractivity contribution >= 4 is 21.7 Å². The summed E-state index contributed by atoms with van der Waals surface area (Å²) in [6.07, 6.45) is 1.79. The fourth-order valence-corrected chi connectivity index (χ4v) is 1.44. The molecule has 0 aromatic rings. The first kappa shape index (κ1) is 15.9. The van der Waals surface area contributed by atoms with Crippen LogP contribution in [-0.2, 0) is 19.4 Å². The van der Waals surface area contributed by atoms with Crippen molar-refractivity contribution < 1.29 is 23.1 Å². The van der Waals surface area contributed by atoms with Crippen molar-refractivity contribution in [1.29, 1.82) is 0 Å². The molecule has 100 valence electrons. The van der Waals surface area contributed by atoms with Crippen molar-refractivity contribution in [3.63, 3.8) is 0 Å². The number of carbonyl (C=O) groups excluding carboxylic acids is 1. The summed E-state index contributed by atoms with van der Waals surface area (Å²) in [5.41, 5.74) is 0. The molecule has 0 saturated carbocycles. The Morgan fingerprint density at radius 2 is 1.82 bits per heavy atom. The van der Waals surface area contributed by atoms with Gasteiger partial charge in [0.1, 0.15) is 10.8 Å². The molecule has 2 N–H and O–H groups in total. The van der Waals surface area contributed by atoms with Crippen molar-refractivity contribution in [2.75, 3.05) is 6.26 Å². The summed E-state index contributed by atoms with van der Waals surface area (Å²) in [7, 11) is -3.59. The van der Waals surface area contributed by atoms with Crippen molar-refractivity contribution in [2.45, 2.75) is 44.4 Å². The van der Waals surface area contributed by atoms with Crippen LogP contribution in [0.25, 0.3) is 0 Å². The smallest absolute Gasteiger partial charge is 0.326 e. The van der Waals surface area contributed by atoms with Gasteiger partial charge in [0.25, 0.3) is 0 Å². The number of hydrogen-bond donors (Lipinski definition) is 2. The molecule has 0 spiro atoms. The van der Waals surface area contributed by atoms with Crippen LogP contribution in [0.1, 0.15) is 33.6 Å². The zero-order valence-corrected chi connectivity index (χ0v) is 11.3. The molecule has 1 unspecified atom stereocenters. The highest BCUT2D eigenvalue weighted by Gasteiger charge is 2.39. The van der Waals surface area contributed by atoms with Gasteiger partial charge in [-0.2, -0.15) is 0 Å². The summed E-state index contributed by atoms with van der Waals surface area (Å²) in [5.74, 6) is -1.95. The summed E-state index contributed by atoms with van der Waals surface area (Å²) in [4.78, 5) is 22.6. The van der Waals surface area contributed by atoms with Gasteiger partial charge in [-0.15, -0.1) is 0 Å². The average Bonchev–Trinajstić information content (AvgIpc) is 2.14. The molecule has 7 heteroatoms. The van der Waals surface area contributed by atoms with Crippen molar-refractivity contribution in [1.82, 2.24) is 5.32 Å². The Morgan fingerprint density at radius 1 is 1.35 bits per heavy atom. The van der Waals surface area contributed by atoms with Gasteiger partial charge in [0.05, 0.1) is 0 Å². The van der Waals surface area contributed by atoms with Gasteiger partial charge in [-0.1, -0.05) is 13.3 Å². The van der Waals surface area contributed by atoms with Gasteiger partial charge in [0.15, 0.2) is 9.84 Å². The maximum Gasteiger partial charge on any atom is 0.326 e. The van der Waals surface area contributed by atoms with E-state index in [1.165, 1.54) is 13.8 Å². The lowest BCUT2D eigenvalue weighted by Crippen LogP contribution is -2.52. The van der Waals surface area contributed by atoms with Crippen molar-refractivity contribution in [2.24, 2.45) is 0 Å². The average molecular weight is 265 g/mol. The number of sulfone groups is 1. The van der Waals surface area contributed by atoms with E-state index in [1.807, 2.05) is 0 Å². The van der Waals surface area contributed by atoms with Crippen LogP contribution in [0.3, 0.4) is 0 Å². The number of hydrogen-bond acceptors (Lipinski definition) is 4. The molecule has 0 aliphatic heterocycles. The van der Waals surface area contributed by atoms with Crippen LogP contribution in [0, 0.1) is 0 Å². The highest BCUT2D eigenvalue weighted by Crippen LogP contribution is 2.15. The molecule has 17 heavy (non-hydrogen) atoms. The van der Waals surface area contributed by atoms with Crippen LogP contribution in [0.4, 0.5) is 0 Å². The maximum absolute atomic E-state index is 11.7. The Bertz CT molecular complexity index is 399. The summed E-state index contributed by atoms with van der Waals surface area (Å²) < 4.78 is 21.2. The molecule has 0 aliphatic rings. The number of amides is 1. The lowest BCUT2D eigenvalue weighted by molar-refractivity contribution is -0.142. The Labute approximate surface area is 101 Å². The maximum atomic E-state index is 11.7. The van der Waals surface area contributed by atoms with Crippen LogP contribution in [0.2, 0.25) is 0 Å². The first-order valence-corrected chi connectivity index (χ1v) is 7.16. The minimum absolute atomic E-state index is 0.265. The van der Waals surface area contributed by atoms with Crippen LogP contribution in [-0.4, -0.2) is 42.4 Å². The number of carboxylic acid groups (broad SMARTS) is 1. The Morgan fingerprint density at radius 3 is 2.12 bits per heavy atom. The molecule has 0 aromatic heterocycles. The van der Waals surface area contributed by atoms with Gasteiger partial charge < -0.3 is 10.4 Å². The monoisotopic (exact) mass is 265 g/mol. The summed E-state index contributed by atoms with van der Waals surface area (Å²) in [6.45, 7) is 4.29.